The average molecular weight is 409 g/mol. The predicted octanol–water partition coefficient (Wildman–Crippen LogP) is 3.57. The summed E-state index contributed by atoms with van der Waals surface area (Å²) in [6, 6.07) is 6.65. The van der Waals surface area contributed by atoms with Gasteiger partial charge in [0.25, 0.3) is 0 Å². The van der Waals surface area contributed by atoms with Crippen molar-refractivity contribution in [3.63, 3.8) is 0 Å². The van der Waals surface area contributed by atoms with Crippen molar-refractivity contribution in [3.05, 3.63) is 42.6 Å². The predicted molar refractivity (Wildman–Crippen MR) is 120 cm³/mol. The summed E-state index contributed by atoms with van der Waals surface area (Å²) in [5.74, 6) is 1.73. The minimum Gasteiger partial charge on any atom is -0.494 e. The Morgan fingerprint density at radius 2 is 2.13 bits per heavy atom. The molecule has 0 aliphatic carbocycles. The maximum Gasteiger partial charge on any atom is 0.226 e. The average Bonchev–Trinajstić information content (AvgIpc) is 3.16. The Labute approximate surface area is 178 Å². The summed E-state index contributed by atoms with van der Waals surface area (Å²) < 4.78 is 7.76. The number of nitrogens with one attached hydrogen (secondary N) is 1. The number of rotatable bonds is 8. The number of hydrogen-bond acceptors (Lipinski definition) is 6. The van der Waals surface area contributed by atoms with Crippen molar-refractivity contribution in [1.82, 2.24) is 24.8 Å². The summed E-state index contributed by atoms with van der Waals surface area (Å²) in [6.07, 6.45) is 10.3. The molecule has 4 rings (SSSR count). The molecule has 1 saturated heterocycles. The van der Waals surface area contributed by atoms with Crippen molar-refractivity contribution in [2.75, 3.05) is 31.1 Å². The molecule has 0 spiro atoms. The van der Waals surface area contributed by atoms with Crippen LogP contribution in [0.15, 0.2) is 36.9 Å². The third-order valence-corrected chi connectivity index (χ3v) is 5.75. The molecule has 7 nitrogen and oxygen atoms in total. The molecule has 0 bridgehead atoms. The molecule has 0 radical (unpaired) electrons. The monoisotopic (exact) mass is 408 g/mol. The molecule has 160 valence electrons. The Hall–Kier alpha value is -2.67. The summed E-state index contributed by atoms with van der Waals surface area (Å²) >= 11 is 0. The highest BCUT2D eigenvalue weighted by molar-refractivity contribution is 5.83. The zero-order chi connectivity index (χ0) is 20.8. The molecule has 7 heteroatoms. The van der Waals surface area contributed by atoms with Gasteiger partial charge in [-0.3, -0.25) is 0 Å². The number of aromatic nitrogens is 4. The molecular formula is C23H32N6O. The highest BCUT2D eigenvalue weighted by Gasteiger charge is 2.19. The topological polar surface area (TPSA) is 68.1 Å². The quantitative estimate of drug-likeness (QED) is 0.575. The van der Waals surface area contributed by atoms with Gasteiger partial charge in [-0.2, -0.15) is 0 Å². The normalized spacial score (nSPS) is 17.3. The zero-order valence-electron chi connectivity index (χ0n) is 18.0. The first-order chi connectivity index (χ1) is 14.7. The molecule has 1 unspecified atom stereocenters. The number of benzene rings is 1. The number of nitrogens with zero attached hydrogens (tertiary/aromatic N) is 5. The molecule has 2 aromatic heterocycles. The Morgan fingerprint density at radius 1 is 1.20 bits per heavy atom. The van der Waals surface area contributed by atoms with Gasteiger partial charge in [0.15, 0.2) is 0 Å². The van der Waals surface area contributed by atoms with E-state index in [1.165, 1.54) is 6.42 Å². The van der Waals surface area contributed by atoms with Crippen LogP contribution < -0.4 is 15.0 Å². The summed E-state index contributed by atoms with van der Waals surface area (Å²) in [7, 11) is 0. The lowest BCUT2D eigenvalue weighted by Gasteiger charge is -2.22. The van der Waals surface area contributed by atoms with Crippen LogP contribution in [-0.4, -0.2) is 51.8 Å². The fraction of sp³-hybridized carbons (Fsp3) is 0.522. The minimum absolute atomic E-state index is 0.563. The SMILES string of the molecule is CCOc1ccc2nc(N3CCCC(NCCCn4ccnc4)CC3)nc(C)c2c1. The molecule has 30 heavy (non-hydrogen) atoms. The van der Waals surface area contributed by atoms with E-state index in [0.29, 0.717) is 12.6 Å². The number of anilines is 1. The van der Waals surface area contributed by atoms with Gasteiger partial charge in [-0.05, 0) is 64.3 Å². The first kappa shape index (κ1) is 20.6. The fourth-order valence-corrected chi connectivity index (χ4v) is 4.13. The van der Waals surface area contributed by atoms with Crippen LogP contribution in [0.3, 0.4) is 0 Å². The zero-order valence-corrected chi connectivity index (χ0v) is 18.0. The van der Waals surface area contributed by atoms with Crippen LogP contribution in [0.4, 0.5) is 5.95 Å². The van der Waals surface area contributed by atoms with Crippen LogP contribution in [0, 0.1) is 6.92 Å². The van der Waals surface area contributed by atoms with Crippen LogP contribution in [0.2, 0.25) is 0 Å². The summed E-state index contributed by atoms with van der Waals surface area (Å²) in [6.45, 7) is 8.77. The molecule has 1 aliphatic rings. The first-order valence-corrected chi connectivity index (χ1v) is 11.1. The van der Waals surface area contributed by atoms with Gasteiger partial charge < -0.3 is 19.5 Å². The molecule has 3 aromatic rings. The van der Waals surface area contributed by atoms with E-state index in [1.54, 1.807) is 0 Å². The molecular weight excluding hydrogens is 376 g/mol. The van der Waals surface area contributed by atoms with Crippen molar-refractivity contribution in [3.8, 4) is 5.75 Å². The molecule has 1 aromatic carbocycles. The van der Waals surface area contributed by atoms with Crippen LogP contribution in [-0.2, 0) is 6.54 Å². The van der Waals surface area contributed by atoms with Gasteiger partial charge in [0, 0.05) is 43.5 Å². The third-order valence-electron chi connectivity index (χ3n) is 5.75. The van der Waals surface area contributed by atoms with Gasteiger partial charge >= 0.3 is 0 Å². The van der Waals surface area contributed by atoms with E-state index < -0.39 is 0 Å². The lowest BCUT2D eigenvalue weighted by atomic mass is 10.1. The van der Waals surface area contributed by atoms with E-state index in [0.717, 1.165) is 73.7 Å². The van der Waals surface area contributed by atoms with Crippen molar-refractivity contribution in [1.29, 1.82) is 0 Å². The van der Waals surface area contributed by atoms with E-state index >= 15 is 0 Å². The largest absolute Gasteiger partial charge is 0.494 e. The Bertz CT molecular complexity index is 942. The van der Waals surface area contributed by atoms with E-state index in [-0.39, 0.29) is 0 Å². The second-order valence-corrected chi connectivity index (χ2v) is 7.94. The molecule has 1 N–H and O–H groups in total. The summed E-state index contributed by atoms with van der Waals surface area (Å²) in [5, 5.41) is 4.81. The van der Waals surface area contributed by atoms with Gasteiger partial charge in [0.05, 0.1) is 24.1 Å². The van der Waals surface area contributed by atoms with Crippen molar-refractivity contribution in [2.45, 2.75) is 52.1 Å². The number of ether oxygens (including phenoxy) is 1. The maximum absolute atomic E-state index is 5.63. The fourth-order valence-electron chi connectivity index (χ4n) is 4.13. The first-order valence-electron chi connectivity index (χ1n) is 11.1. The lowest BCUT2D eigenvalue weighted by molar-refractivity contribution is 0.340. The smallest absolute Gasteiger partial charge is 0.226 e. The second kappa shape index (κ2) is 9.89. The van der Waals surface area contributed by atoms with Gasteiger partial charge in [0.2, 0.25) is 5.95 Å². The lowest BCUT2D eigenvalue weighted by Crippen LogP contribution is -2.32. The van der Waals surface area contributed by atoms with E-state index in [9.17, 15) is 0 Å². The standard InChI is InChI=1S/C23H32N6O/c1-3-30-20-7-8-22-21(16-20)18(2)26-23(27-22)29-13-4-6-19(9-14-29)25-10-5-12-28-15-11-24-17-28/h7-8,11,15-17,19,25H,3-6,9-10,12-14H2,1-2H3. The van der Waals surface area contributed by atoms with Crippen LogP contribution in [0.25, 0.3) is 10.9 Å². The van der Waals surface area contributed by atoms with Crippen LogP contribution >= 0.6 is 0 Å². The highest BCUT2D eigenvalue weighted by atomic mass is 16.5. The molecule has 1 aliphatic heterocycles. The van der Waals surface area contributed by atoms with E-state index in [2.05, 4.69) is 26.7 Å². The molecule has 1 atom stereocenters. The van der Waals surface area contributed by atoms with Crippen molar-refractivity contribution in [2.24, 2.45) is 0 Å². The van der Waals surface area contributed by atoms with Crippen LogP contribution in [0.5, 0.6) is 5.75 Å². The van der Waals surface area contributed by atoms with Crippen LogP contribution in [0.1, 0.15) is 38.3 Å². The molecule has 0 amide bonds. The van der Waals surface area contributed by atoms with Gasteiger partial charge in [-0.25, -0.2) is 15.0 Å². The van der Waals surface area contributed by atoms with Gasteiger partial charge in [-0.15, -0.1) is 0 Å². The van der Waals surface area contributed by atoms with Crippen molar-refractivity contribution < 1.29 is 4.74 Å². The summed E-state index contributed by atoms with van der Waals surface area (Å²) in [5.41, 5.74) is 1.99. The van der Waals surface area contributed by atoms with E-state index in [1.807, 2.05) is 43.8 Å². The maximum atomic E-state index is 5.63. The number of fused-ring (bicyclic) bond motifs is 1. The summed E-state index contributed by atoms with van der Waals surface area (Å²) in [4.78, 5) is 16.1. The Kier molecular flexibility index (Phi) is 6.79. The number of aryl methyl sites for hydroxylation is 2. The van der Waals surface area contributed by atoms with Gasteiger partial charge in [0.1, 0.15) is 5.75 Å². The Balaban J connectivity index is 1.34. The number of hydrogen-bond donors (Lipinski definition) is 1. The molecule has 3 heterocycles. The number of imidazole rings is 1. The van der Waals surface area contributed by atoms with Gasteiger partial charge in [-0.1, -0.05) is 0 Å². The Morgan fingerprint density at radius 3 is 2.97 bits per heavy atom. The van der Waals surface area contributed by atoms with E-state index in [4.69, 9.17) is 14.7 Å². The highest BCUT2D eigenvalue weighted by Crippen LogP contribution is 2.25. The molecule has 0 saturated carbocycles. The minimum atomic E-state index is 0.563. The second-order valence-electron chi connectivity index (χ2n) is 7.94. The van der Waals surface area contributed by atoms with Crippen molar-refractivity contribution >= 4 is 16.9 Å². The molecule has 1 fully saturated rings. The third kappa shape index (κ3) is 5.08.